The van der Waals surface area contributed by atoms with E-state index in [1.54, 1.807) is 21.0 Å². The molecule has 1 heterocycles. The van der Waals surface area contributed by atoms with E-state index in [-0.39, 0.29) is 0 Å². The van der Waals surface area contributed by atoms with Gasteiger partial charge in [0.2, 0.25) is 0 Å². The number of hydrogen-bond acceptors (Lipinski definition) is 3. The van der Waals surface area contributed by atoms with Crippen LogP contribution in [0.2, 0.25) is 0 Å². The maximum Gasteiger partial charge on any atom is 0.309 e. The summed E-state index contributed by atoms with van der Waals surface area (Å²) in [6.07, 6.45) is 5.52. The van der Waals surface area contributed by atoms with Crippen molar-refractivity contribution in [2.75, 3.05) is 26.7 Å². The zero-order valence-corrected chi connectivity index (χ0v) is 11.9. The highest BCUT2D eigenvalue weighted by atomic mass is 16.5. The van der Waals surface area contributed by atoms with Crippen LogP contribution < -0.4 is 0 Å². The van der Waals surface area contributed by atoms with Gasteiger partial charge in [-0.15, -0.1) is 0 Å². The molecule has 0 radical (unpaired) electrons. The van der Waals surface area contributed by atoms with Gasteiger partial charge in [0.15, 0.2) is 0 Å². The Kier molecular flexibility index (Phi) is 6.09. The van der Waals surface area contributed by atoms with Gasteiger partial charge in [0, 0.05) is 20.2 Å². The first-order valence-electron chi connectivity index (χ1n) is 6.94. The van der Waals surface area contributed by atoms with Crippen molar-refractivity contribution in [2.24, 2.45) is 5.41 Å². The molecule has 0 bridgehead atoms. The van der Waals surface area contributed by atoms with Crippen molar-refractivity contribution >= 4 is 5.97 Å². The number of carboxylic acids is 1. The molecule has 0 spiro atoms. The van der Waals surface area contributed by atoms with Gasteiger partial charge in [0.1, 0.15) is 0 Å². The first-order chi connectivity index (χ1) is 8.45. The van der Waals surface area contributed by atoms with Crippen LogP contribution in [-0.2, 0) is 9.53 Å². The molecule has 106 valence electrons. The summed E-state index contributed by atoms with van der Waals surface area (Å²) in [6.45, 7) is 6.92. The van der Waals surface area contributed by atoms with Crippen molar-refractivity contribution in [1.82, 2.24) is 4.90 Å². The van der Waals surface area contributed by atoms with Crippen molar-refractivity contribution in [3.05, 3.63) is 0 Å². The smallest absolute Gasteiger partial charge is 0.309 e. The molecule has 0 saturated carbocycles. The van der Waals surface area contributed by atoms with Crippen LogP contribution in [0.5, 0.6) is 0 Å². The zero-order valence-electron chi connectivity index (χ0n) is 11.9. The normalized spacial score (nSPS) is 19.1. The highest BCUT2D eigenvalue weighted by Crippen LogP contribution is 2.23. The lowest BCUT2D eigenvalue weighted by molar-refractivity contribution is -0.147. The summed E-state index contributed by atoms with van der Waals surface area (Å²) in [7, 11) is 1.79. The Labute approximate surface area is 110 Å². The van der Waals surface area contributed by atoms with Gasteiger partial charge in [-0.2, -0.15) is 0 Å². The van der Waals surface area contributed by atoms with Crippen LogP contribution in [0.3, 0.4) is 0 Å². The van der Waals surface area contributed by atoms with Crippen LogP contribution in [0, 0.1) is 5.41 Å². The molecule has 1 aliphatic heterocycles. The number of likely N-dealkylation sites (tertiary alicyclic amines) is 1. The zero-order chi connectivity index (χ0) is 13.6. The van der Waals surface area contributed by atoms with Gasteiger partial charge in [0.25, 0.3) is 0 Å². The molecule has 1 fully saturated rings. The van der Waals surface area contributed by atoms with Gasteiger partial charge in [-0.25, -0.2) is 0 Å². The van der Waals surface area contributed by atoms with E-state index in [0.29, 0.717) is 6.10 Å². The van der Waals surface area contributed by atoms with E-state index in [1.807, 2.05) is 0 Å². The van der Waals surface area contributed by atoms with Gasteiger partial charge in [-0.05, 0) is 46.1 Å². The molecule has 0 amide bonds. The van der Waals surface area contributed by atoms with E-state index in [4.69, 9.17) is 9.84 Å². The lowest BCUT2D eigenvalue weighted by Crippen LogP contribution is -2.37. The van der Waals surface area contributed by atoms with E-state index in [0.717, 1.165) is 51.7 Å². The molecule has 0 aromatic rings. The van der Waals surface area contributed by atoms with E-state index in [9.17, 15) is 4.79 Å². The summed E-state index contributed by atoms with van der Waals surface area (Å²) in [5.41, 5.74) is -0.580. The lowest BCUT2D eigenvalue weighted by atomic mass is 9.87. The minimum absolute atomic E-state index is 0.437. The summed E-state index contributed by atoms with van der Waals surface area (Å²) in [5.74, 6) is -0.691. The van der Waals surface area contributed by atoms with Crippen molar-refractivity contribution in [1.29, 1.82) is 0 Å². The van der Waals surface area contributed by atoms with E-state index in [2.05, 4.69) is 4.90 Å². The summed E-state index contributed by atoms with van der Waals surface area (Å²) in [4.78, 5) is 13.4. The van der Waals surface area contributed by atoms with Gasteiger partial charge >= 0.3 is 5.97 Å². The molecule has 4 heteroatoms. The molecule has 1 N–H and O–H groups in total. The Morgan fingerprint density at radius 1 is 1.33 bits per heavy atom. The van der Waals surface area contributed by atoms with Crippen molar-refractivity contribution in [2.45, 2.75) is 52.1 Å². The average Bonchev–Trinajstić information content (AvgIpc) is 2.35. The molecule has 0 atom stereocenters. The number of aliphatic carboxylic acids is 1. The Morgan fingerprint density at radius 3 is 2.44 bits per heavy atom. The molecule has 4 nitrogen and oxygen atoms in total. The lowest BCUT2D eigenvalue weighted by Gasteiger charge is -2.31. The van der Waals surface area contributed by atoms with Crippen molar-refractivity contribution in [3.63, 3.8) is 0 Å². The van der Waals surface area contributed by atoms with Crippen molar-refractivity contribution in [3.8, 4) is 0 Å². The maximum absolute atomic E-state index is 11.0. The number of nitrogens with zero attached hydrogens (tertiary/aromatic N) is 1. The Balaban J connectivity index is 2.10. The standard InChI is InChI=1S/C14H27NO3/c1-14(2,13(16)17)8-4-5-9-15-10-6-12(18-3)7-11-15/h12H,4-11H2,1-3H3,(H,16,17). The highest BCUT2D eigenvalue weighted by Gasteiger charge is 2.26. The minimum Gasteiger partial charge on any atom is -0.481 e. The monoisotopic (exact) mass is 257 g/mol. The summed E-state index contributed by atoms with van der Waals surface area (Å²) >= 11 is 0. The first-order valence-corrected chi connectivity index (χ1v) is 6.94. The number of rotatable bonds is 7. The second-order valence-electron chi connectivity index (χ2n) is 5.92. The number of methoxy groups -OCH3 is 1. The highest BCUT2D eigenvalue weighted by molar-refractivity contribution is 5.73. The summed E-state index contributed by atoms with van der Waals surface area (Å²) in [6, 6.07) is 0. The van der Waals surface area contributed by atoms with Crippen LogP contribution in [0.1, 0.15) is 46.0 Å². The molecule has 0 aromatic carbocycles. The van der Waals surface area contributed by atoms with E-state index >= 15 is 0 Å². The Morgan fingerprint density at radius 2 is 1.94 bits per heavy atom. The minimum atomic E-state index is -0.691. The number of unbranched alkanes of at least 4 members (excludes halogenated alkanes) is 1. The number of hydrogen-bond donors (Lipinski definition) is 1. The predicted octanol–water partition coefficient (Wildman–Crippen LogP) is 2.38. The molecule has 0 unspecified atom stereocenters. The van der Waals surface area contributed by atoms with Gasteiger partial charge in [-0.3, -0.25) is 4.79 Å². The topological polar surface area (TPSA) is 49.8 Å². The Bertz CT molecular complexity index is 258. The molecule has 0 aromatic heterocycles. The number of ether oxygens (including phenoxy) is 1. The number of carboxylic acid groups (broad SMARTS) is 1. The third-order valence-electron chi connectivity index (χ3n) is 3.97. The van der Waals surface area contributed by atoms with Gasteiger partial charge in [0.05, 0.1) is 11.5 Å². The third kappa shape index (κ3) is 4.94. The van der Waals surface area contributed by atoms with Gasteiger partial charge < -0.3 is 14.7 Å². The number of carbonyl (C=O) groups is 1. The Hall–Kier alpha value is -0.610. The van der Waals surface area contributed by atoms with Crippen LogP contribution >= 0.6 is 0 Å². The van der Waals surface area contributed by atoms with Crippen LogP contribution in [0.25, 0.3) is 0 Å². The molecule has 1 aliphatic rings. The largest absolute Gasteiger partial charge is 0.481 e. The molecule has 1 saturated heterocycles. The average molecular weight is 257 g/mol. The molecule has 0 aliphatic carbocycles. The summed E-state index contributed by atoms with van der Waals surface area (Å²) in [5, 5.41) is 9.02. The first kappa shape index (κ1) is 15.4. The second-order valence-corrected chi connectivity index (χ2v) is 5.92. The second kappa shape index (κ2) is 7.10. The number of piperidine rings is 1. The summed E-state index contributed by atoms with van der Waals surface area (Å²) < 4.78 is 5.34. The predicted molar refractivity (Wildman–Crippen MR) is 71.7 cm³/mol. The van der Waals surface area contributed by atoms with Crippen LogP contribution in [0.4, 0.5) is 0 Å². The molecular formula is C14H27NO3. The van der Waals surface area contributed by atoms with Crippen LogP contribution in [0.15, 0.2) is 0 Å². The SMILES string of the molecule is COC1CCN(CCCCC(C)(C)C(=O)O)CC1. The quantitative estimate of drug-likeness (QED) is 0.711. The fourth-order valence-corrected chi connectivity index (χ4v) is 2.38. The third-order valence-corrected chi connectivity index (χ3v) is 3.97. The van der Waals surface area contributed by atoms with Gasteiger partial charge in [-0.1, -0.05) is 6.42 Å². The van der Waals surface area contributed by atoms with E-state index in [1.165, 1.54) is 0 Å². The molecular weight excluding hydrogens is 230 g/mol. The molecule has 18 heavy (non-hydrogen) atoms. The van der Waals surface area contributed by atoms with E-state index < -0.39 is 11.4 Å². The van der Waals surface area contributed by atoms with Crippen LogP contribution in [-0.4, -0.2) is 48.8 Å². The maximum atomic E-state index is 11.0. The fraction of sp³-hybridized carbons (Fsp3) is 0.929. The fourth-order valence-electron chi connectivity index (χ4n) is 2.38. The van der Waals surface area contributed by atoms with Crippen molar-refractivity contribution < 1.29 is 14.6 Å². The molecule has 1 rings (SSSR count).